The summed E-state index contributed by atoms with van der Waals surface area (Å²) in [7, 11) is 0. The minimum Gasteiger partial charge on any atom is -0.493 e. The zero-order chi connectivity index (χ0) is 13.7. The molecular weight excluding hydrogens is 266 g/mol. The molecule has 0 spiro atoms. The Balaban J connectivity index is 2.20. The molecule has 0 aliphatic heterocycles. The van der Waals surface area contributed by atoms with Gasteiger partial charge in [-0.2, -0.15) is 0 Å². The molecule has 0 saturated carbocycles. The standard InChI is InChI=1S/C13H12ClN3O2/c1-2-19-10-6-4-3-5-9(10)12(18)17-13-15-8-7-11(14)16-13/h3-8H,2H2,1H3,(H,15,16,17,18). The van der Waals surface area contributed by atoms with Crippen molar-refractivity contribution >= 4 is 23.5 Å². The molecule has 0 bridgehead atoms. The third-order valence-corrected chi connectivity index (χ3v) is 2.49. The molecule has 1 aromatic heterocycles. The van der Waals surface area contributed by atoms with E-state index in [9.17, 15) is 4.79 Å². The number of anilines is 1. The van der Waals surface area contributed by atoms with Crippen molar-refractivity contribution in [2.24, 2.45) is 0 Å². The molecule has 0 aliphatic carbocycles. The average Bonchev–Trinajstić information content (AvgIpc) is 2.39. The highest BCUT2D eigenvalue weighted by Gasteiger charge is 2.13. The van der Waals surface area contributed by atoms with Crippen molar-refractivity contribution < 1.29 is 9.53 Å². The third kappa shape index (κ3) is 3.42. The predicted molar refractivity (Wildman–Crippen MR) is 72.6 cm³/mol. The molecular formula is C13H12ClN3O2. The lowest BCUT2D eigenvalue weighted by atomic mass is 10.2. The highest BCUT2D eigenvalue weighted by atomic mass is 35.5. The van der Waals surface area contributed by atoms with Crippen LogP contribution in [0.4, 0.5) is 5.95 Å². The number of carbonyl (C=O) groups excluding carboxylic acids is 1. The van der Waals surface area contributed by atoms with Crippen LogP contribution in [-0.2, 0) is 0 Å². The maximum absolute atomic E-state index is 12.1. The first kappa shape index (κ1) is 13.3. The number of hydrogen-bond acceptors (Lipinski definition) is 4. The Kier molecular flexibility index (Phi) is 4.30. The van der Waals surface area contributed by atoms with Crippen molar-refractivity contribution in [2.45, 2.75) is 6.92 Å². The molecule has 1 aromatic carbocycles. The highest BCUT2D eigenvalue weighted by molar-refractivity contribution is 6.29. The molecule has 6 heteroatoms. The molecule has 1 amide bonds. The van der Waals surface area contributed by atoms with Crippen molar-refractivity contribution in [1.29, 1.82) is 0 Å². The Hall–Kier alpha value is -2.14. The number of carbonyl (C=O) groups is 1. The van der Waals surface area contributed by atoms with Gasteiger partial charge in [-0.25, -0.2) is 9.97 Å². The topological polar surface area (TPSA) is 64.1 Å². The first-order valence-corrected chi connectivity index (χ1v) is 6.10. The second-order valence-corrected chi connectivity index (χ2v) is 3.97. The Labute approximate surface area is 115 Å². The minimum absolute atomic E-state index is 0.156. The van der Waals surface area contributed by atoms with E-state index in [-0.39, 0.29) is 17.0 Å². The van der Waals surface area contributed by atoms with E-state index in [2.05, 4.69) is 15.3 Å². The Morgan fingerprint density at radius 2 is 2.16 bits per heavy atom. The van der Waals surface area contributed by atoms with Crippen molar-refractivity contribution in [1.82, 2.24) is 9.97 Å². The van der Waals surface area contributed by atoms with Crippen molar-refractivity contribution in [3.05, 3.63) is 47.2 Å². The molecule has 2 rings (SSSR count). The summed E-state index contributed by atoms with van der Waals surface area (Å²) in [6.45, 7) is 2.34. The number of amides is 1. The number of benzene rings is 1. The van der Waals surface area contributed by atoms with E-state index in [0.717, 1.165) is 0 Å². The number of ether oxygens (including phenoxy) is 1. The van der Waals surface area contributed by atoms with Gasteiger partial charge in [0.1, 0.15) is 10.9 Å². The van der Waals surface area contributed by atoms with Gasteiger partial charge in [-0.3, -0.25) is 10.1 Å². The Morgan fingerprint density at radius 3 is 2.89 bits per heavy atom. The van der Waals surface area contributed by atoms with Crippen molar-refractivity contribution in [3.63, 3.8) is 0 Å². The lowest BCUT2D eigenvalue weighted by Gasteiger charge is -2.09. The van der Waals surface area contributed by atoms with E-state index in [1.165, 1.54) is 12.3 Å². The van der Waals surface area contributed by atoms with Crippen LogP contribution in [0.25, 0.3) is 0 Å². The van der Waals surface area contributed by atoms with Crippen molar-refractivity contribution in [2.75, 3.05) is 11.9 Å². The van der Waals surface area contributed by atoms with Crippen LogP contribution in [0.3, 0.4) is 0 Å². The Bertz CT molecular complexity index is 590. The molecule has 2 aromatic rings. The van der Waals surface area contributed by atoms with Crippen LogP contribution in [0.2, 0.25) is 5.15 Å². The van der Waals surface area contributed by atoms with Gasteiger partial charge in [0.2, 0.25) is 5.95 Å². The van der Waals surface area contributed by atoms with E-state index in [4.69, 9.17) is 16.3 Å². The fourth-order valence-electron chi connectivity index (χ4n) is 1.50. The van der Waals surface area contributed by atoms with E-state index in [1.54, 1.807) is 24.3 Å². The largest absolute Gasteiger partial charge is 0.493 e. The molecule has 0 aliphatic rings. The summed E-state index contributed by atoms with van der Waals surface area (Å²) in [6, 6.07) is 8.50. The average molecular weight is 278 g/mol. The van der Waals surface area contributed by atoms with Gasteiger partial charge in [-0.1, -0.05) is 23.7 Å². The van der Waals surface area contributed by atoms with Crippen LogP contribution < -0.4 is 10.1 Å². The summed E-state index contributed by atoms with van der Waals surface area (Å²) in [5.41, 5.74) is 0.424. The van der Waals surface area contributed by atoms with Crippen LogP contribution in [0.1, 0.15) is 17.3 Å². The van der Waals surface area contributed by atoms with Gasteiger partial charge in [-0.05, 0) is 25.1 Å². The number of aromatic nitrogens is 2. The summed E-state index contributed by atoms with van der Waals surface area (Å²) < 4.78 is 5.39. The number of para-hydroxylation sites is 1. The monoisotopic (exact) mass is 277 g/mol. The maximum atomic E-state index is 12.1. The fraction of sp³-hybridized carbons (Fsp3) is 0.154. The second kappa shape index (κ2) is 6.15. The quantitative estimate of drug-likeness (QED) is 0.873. The van der Waals surface area contributed by atoms with Crippen LogP contribution in [0.5, 0.6) is 5.75 Å². The summed E-state index contributed by atoms with van der Waals surface area (Å²) >= 11 is 5.73. The van der Waals surface area contributed by atoms with Gasteiger partial charge >= 0.3 is 0 Å². The van der Waals surface area contributed by atoms with Gasteiger partial charge in [0.25, 0.3) is 5.91 Å². The molecule has 19 heavy (non-hydrogen) atoms. The van der Waals surface area contributed by atoms with Gasteiger partial charge in [-0.15, -0.1) is 0 Å². The van der Waals surface area contributed by atoms with E-state index in [1.807, 2.05) is 6.92 Å². The number of nitrogens with zero attached hydrogens (tertiary/aromatic N) is 2. The Morgan fingerprint density at radius 1 is 1.37 bits per heavy atom. The molecule has 98 valence electrons. The minimum atomic E-state index is -0.341. The van der Waals surface area contributed by atoms with Gasteiger partial charge < -0.3 is 4.74 Å². The van der Waals surface area contributed by atoms with E-state index >= 15 is 0 Å². The molecule has 0 radical (unpaired) electrons. The fourth-order valence-corrected chi connectivity index (χ4v) is 1.64. The van der Waals surface area contributed by atoms with Gasteiger partial charge in [0.05, 0.1) is 12.2 Å². The van der Waals surface area contributed by atoms with Crippen LogP contribution in [0, 0.1) is 0 Å². The summed E-state index contributed by atoms with van der Waals surface area (Å²) in [5.74, 6) is 0.333. The summed E-state index contributed by atoms with van der Waals surface area (Å²) in [4.78, 5) is 19.9. The zero-order valence-corrected chi connectivity index (χ0v) is 11.0. The summed E-state index contributed by atoms with van der Waals surface area (Å²) in [6.07, 6.45) is 1.47. The molecule has 0 atom stereocenters. The first-order chi connectivity index (χ1) is 9.20. The van der Waals surface area contributed by atoms with Gasteiger partial charge in [0, 0.05) is 6.20 Å². The molecule has 5 nitrogen and oxygen atoms in total. The number of rotatable bonds is 4. The van der Waals surface area contributed by atoms with E-state index in [0.29, 0.717) is 17.9 Å². The lowest BCUT2D eigenvalue weighted by molar-refractivity contribution is 0.102. The lowest BCUT2D eigenvalue weighted by Crippen LogP contribution is -2.15. The number of halogens is 1. The predicted octanol–water partition coefficient (Wildman–Crippen LogP) is 2.78. The molecule has 1 heterocycles. The van der Waals surface area contributed by atoms with E-state index < -0.39 is 0 Å². The smallest absolute Gasteiger partial charge is 0.261 e. The highest BCUT2D eigenvalue weighted by Crippen LogP contribution is 2.19. The van der Waals surface area contributed by atoms with Crippen LogP contribution in [-0.4, -0.2) is 22.5 Å². The number of hydrogen-bond donors (Lipinski definition) is 1. The molecule has 1 N–H and O–H groups in total. The normalized spacial score (nSPS) is 10.0. The molecule has 0 saturated heterocycles. The maximum Gasteiger partial charge on any atom is 0.261 e. The van der Waals surface area contributed by atoms with Crippen molar-refractivity contribution in [3.8, 4) is 5.75 Å². The molecule has 0 fully saturated rings. The second-order valence-electron chi connectivity index (χ2n) is 3.59. The number of nitrogens with one attached hydrogen (secondary N) is 1. The first-order valence-electron chi connectivity index (χ1n) is 5.72. The van der Waals surface area contributed by atoms with Crippen LogP contribution >= 0.6 is 11.6 Å². The van der Waals surface area contributed by atoms with Gasteiger partial charge in [0.15, 0.2) is 0 Å². The van der Waals surface area contributed by atoms with Crippen LogP contribution in [0.15, 0.2) is 36.5 Å². The summed E-state index contributed by atoms with van der Waals surface area (Å²) in [5, 5.41) is 2.84. The zero-order valence-electron chi connectivity index (χ0n) is 10.3. The third-order valence-electron chi connectivity index (χ3n) is 2.28. The molecule has 0 unspecified atom stereocenters. The SMILES string of the molecule is CCOc1ccccc1C(=O)Nc1nccc(Cl)n1.